The number of aromatic nitrogens is 2. The van der Waals surface area contributed by atoms with Crippen molar-refractivity contribution in [1.29, 1.82) is 0 Å². The van der Waals surface area contributed by atoms with Gasteiger partial charge in [-0.15, -0.1) is 0 Å². The average Bonchev–Trinajstić information content (AvgIpc) is 3.23. The van der Waals surface area contributed by atoms with Gasteiger partial charge in [-0.05, 0) is 73.4 Å². The molecular weight excluding hydrogens is 442 g/mol. The fraction of sp³-hybridized carbons (Fsp3) is 0.214. The molecule has 2 N–H and O–H groups in total. The molecule has 35 heavy (non-hydrogen) atoms. The smallest absolute Gasteiger partial charge is 0.337 e. The predicted octanol–water partition coefficient (Wildman–Crippen LogP) is 6.18. The van der Waals surface area contributed by atoms with Crippen LogP contribution in [0.1, 0.15) is 34.1 Å². The van der Waals surface area contributed by atoms with Gasteiger partial charge in [0.1, 0.15) is 17.3 Å². The van der Waals surface area contributed by atoms with Gasteiger partial charge in [0.25, 0.3) is 0 Å². The molecule has 3 aromatic carbocycles. The van der Waals surface area contributed by atoms with Gasteiger partial charge < -0.3 is 19.9 Å². The van der Waals surface area contributed by atoms with Crippen LogP contribution >= 0.6 is 0 Å². The third-order valence-corrected chi connectivity index (χ3v) is 5.97. The normalized spacial score (nSPS) is 10.8. The zero-order chi connectivity index (χ0) is 25.1. The van der Waals surface area contributed by atoms with Crippen molar-refractivity contribution in [3.63, 3.8) is 0 Å². The van der Waals surface area contributed by atoms with Crippen molar-refractivity contribution in [3.05, 3.63) is 83.0 Å². The first-order chi connectivity index (χ1) is 16.9. The number of ether oxygens (including phenoxy) is 2. The number of benzene rings is 3. The van der Waals surface area contributed by atoms with Crippen molar-refractivity contribution >= 4 is 17.5 Å². The number of aryl methyl sites for hydroxylation is 3. The number of carboxylic acid groups (broad SMARTS) is 1. The Kier molecular flexibility index (Phi) is 6.78. The lowest BCUT2D eigenvalue weighted by Crippen LogP contribution is -2.08. The second kappa shape index (κ2) is 9.93. The molecule has 0 spiro atoms. The summed E-state index contributed by atoms with van der Waals surface area (Å²) in [6, 6.07) is 19.0. The molecule has 4 rings (SSSR count). The first kappa shape index (κ1) is 23.9. The van der Waals surface area contributed by atoms with Gasteiger partial charge in [0.15, 0.2) is 0 Å². The van der Waals surface area contributed by atoms with E-state index in [9.17, 15) is 9.90 Å². The summed E-state index contributed by atoms with van der Waals surface area (Å²) in [6.45, 7) is 6.13. The summed E-state index contributed by atoms with van der Waals surface area (Å²) in [6.07, 6.45) is 0.697. The third-order valence-electron chi connectivity index (χ3n) is 5.97. The summed E-state index contributed by atoms with van der Waals surface area (Å²) in [7, 11) is 3.15. The lowest BCUT2D eigenvalue weighted by molar-refractivity contribution is 0.0697. The molecule has 0 saturated heterocycles. The van der Waals surface area contributed by atoms with Crippen LogP contribution in [0, 0.1) is 13.8 Å². The van der Waals surface area contributed by atoms with E-state index in [4.69, 9.17) is 14.6 Å². The van der Waals surface area contributed by atoms with E-state index in [1.807, 2.05) is 42.8 Å². The van der Waals surface area contributed by atoms with Crippen LogP contribution in [0.25, 0.3) is 16.8 Å². The maximum absolute atomic E-state index is 12.1. The van der Waals surface area contributed by atoms with Crippen LogP contribution in [-0.2, 0) is 6.42 Å². The van der Waals surface area contributed by atoms with Crippen LogP contribution in [0.5, 0.6) is 11.5 Å². The van der Waals surface area contributed by atoms with Gasteiger partial charge in [-0.25, -0.2) is 9.48 Å². The number of hydrogen-bond donors (Lipinski definition) is 2. The number of anilines is 2. The maximum atomic E-state index is 12.1. The molecule has 1 aromatic heterocycles. The molecule has 0 aliphatic carbocycles. The van der Waals surface area contributed by atoms with Crippen molar-refractivity contribution in [1.82, 2.24) is 9.78 Å². The highest BCUT2D eigenvalue weighted by molar-refractivity contribution is 5.96. The Hall–Kier alpha value is -4.26. The minimum absolute atomic E-state index is 0.108. The van der Waals surface area contributed by atoms with E-state index in [0.717, 1.165) is 39.4 Å². The summed E-state index contributed by atoms with van der Waals surface area (Å²) in [5.74, 6) is 0.867. The fourth-order valence-electron chi connectivity index (χ4n) is 4.07. The largest absolute Gasteiger partial charge is 0.497 e. The standard InChI is InChI=1S/C28H29N3O4/c1-6-23-26(19-9-11-20(34-4)12-10-19)27(31(30-23)25-15-17(2)7-8-18(25)3)29-24-14-13-21(35-5)16-22(24)28(32)33/h7-16,29H,6H2,1-5H3,(H,32,33). The molecule has 0 amide bonds. The second-order valence-electron chi connectivity index (χ2n) is 8.30. The number of rotatable bonds is 8. The lowest BCUT2D eigenvalue weighted by atomic mass is 10.0. The predicted molar refractivity (Wildman–Crippen MR) is 138 cm³/mol. The number of aromatic carboxylic acids is 1. The Morgan fingerprint density at radius 2 is 1.66 bits per heavy atom. The molecule has 1 heterocycles. The van der Waals surface area contributed by atoms with Crippen LogP contribution in [0.3, 0.4) is 0 Å². The zero-order valence-electron chi connectivity index (χ0n) is 20.5. The quantitative estimate of drug-likeness (QED) is 0.319. The van der Waals surface area contributed by atoms with E-state index >= 15 is 0 Å². The molecule has 0 bridgehead atoms. The van der Waals surface area contributed by atoms with E-state index in [2.05, 4.69) is 30.4 Å². The van der Waals surface area contributed by atoms with Gasteiger partial charge in [0, 0.05) is 5.56 Å². The fourth-order valence-corrected chi connectivity index (χ4v) is 4.07. The van der Waals surface area contributed by atoms with Gasteiger partial charge in [-0.2, -0.15) is 5.10 Å². The number of nitrogens with zero attached hydrogens (tertiary/aromatic N) is 2. The summed E-state index contributed by atoms with van der Waals surface area (Å²) in [4.78, 5) is 12.1. The highest BCUT2D eigenvalue weighted by atomic mass is 16.5. The van der Waals surface area contributed by atoms with E-state index < -0.39 is 5.97 Å². The van der Waals surface area contributed by atoms with Crippen LogP contribution < -0.4 is 14.8 Å². The lowest BCUT2D eigenvalue weighted by Gasteiger charge is -2.16. The van der Waals surface area contributed by atoms with E-state index in [0.29, 0.717) is 23.7 Å². The molecule has 0 saturated carbocycles. The number of carboxylic acids is 1. The third kappa shape index (κ3) is 4.71. The second-order valence-corrected chi connectivity index (χ2v) is 8.30. The summed E-state index contributed by atoms with van der Waals surface area (Å²) >= 11 is 0. The molecule has 0 fully saturated rings. The first-order valence-corrected chi connectivity index (χ1v) is 11.4. The molecule has 4 aromatic rings. The molecular formula is C28H29N3O4. The van der Waals surface area contributed by atoms with Crippen molar-refractivity contribution in [2.75, 3.05) is 19.5 Å². The Labute approximate surface area is 204 Å². The summed E-state index contributed by atoms with van der Waals surface area (Å²) < 4.78 is 12.5. The monoisotopic (exact) mass is 471 g/mol. The van der Waals surface area contributed by atoms with Crippen LogP contribution in [0.15, 0.2) is 60.7 Å². The zero-order valence-corrected chi connectivity index (χ0v) is 20.5. The van der Waals surface area contributed by atoms with Crippen LogP contribution in [0.4, 0.5) is 11.5 Å². The first-order valence-electron chi connectivity index (χ1n) is 11.4. The van der Waals surface area contributed by atoms with E-state index in [1.54, 1.807) is 19.2 Å². The summed E-state index contributed by atoms with van der Waals surface area (Å²) in [5.41, 5.74) is 6.38. The Balaban J connectivity index is 1.98. The van der Waals surface area contributed by atoms with Gasteiger partial charge in [-0.3, -0.25) is 0 Å². The Bertz CT molecular complexity index is 1370. The molecule has 7 heteroatoms. The molecule has 7 nitrogen and oxygen atoms in total. The number of carbonyl (C=O) groups is 1. The minimum atomic E-state index is -1.05. The van der Waals surface area contributed by atoms with Crippen molar-refractivity contribution in [3.8, 4) is 28.3 Å². The van der Waals surface area contributed by atoms with Crippen LogP contribution in [0.2, 0.25) is 0 Å². The molecule has 180 valence electrons. The van der Waals surface area contributed by atoms with Gasteiger partial charge >= 0.3 is 5.97 Å². The van der Waals surface area contributed by atoms with Gasteiger partial charge in [0.2, 0.25) is 0 Å². The molecule has 0 radical (unpaired) electrons. The minimum Gasteiger partial charge on any atom is -0.497 e. The molecule has 0 unspecified atom stereocenters. The number of methoxy groups -OCH3 is 2. The maximum Gasteiger partial charge on any atom is 0.337 e. The topological polar surface area (TPSA) is 85.6 Å². The van der Waals surface area contributed by atoms with Crippen LogP contribution in [-0.4, -0.2) is 35.1 Å². The molecule has 0 atom stereocenters. The molecule has 0 aliphatic rings. The van der Waals surface area contributed by atoms with E-state index in [1.165, 1.54) is 13.2 Å². The number of nitrogens with one attached hydrogen (secondary N) is 1. The van der Waals surface area contributed by atoms with Crippen molar-refractivity contribution in [2.45, 2.75) is 27.2 Å². The van der Waals surface area contributed by atoms with Crippen molar-refractivity contribution in [2.24, 2.45) is 0 Å². The molecule has 0 aliphatic heterocycles. The highest BCUT2D eigenvalue weighted by Gasteiger charge is 2.23. The average molecular weight is 472 g/mol. The van der Waals surface area contributed by atoms with Crippen molar-refractivity contribution < 1.29 is 19.4 Å². The van der Waals surface area contributed by atoms with Gasteiger partial charge in [0.05, 0.1) is 36.9 Å². The van der Waals surface area contributed by atoms with Gasteiger partial charge in [-0.1, -0.05) is 31.2 Å². The summed E-state index contributed by atoms with van der Waals surface area (Å²) in [5, 5.41) is 18.3. The highest BCUT2D eigenvalue weighted by Crippen LogP contribution is 2.38. The SMILES string of the molecule is CCc1nn(-c2cc(C)ccc2C)c(Nc2ccc(OC)cc2C(=O)O)c1-c1ccc(OC)cc1. The number of hydrogen-bond acceptors (Lipinski definition) is 5. The Morgan fingerprint density at radius 3 is 2.29 bits per heavy atom. The van der Waals surface area contributed by atoms with E-state index in [-0.39, 0.29) is 5.56 Å². The Morgan fingerprint density at radius 1 is 0.971 bits per heavy atom.